The van der Waals surface area contributed by atoms with Crippen LogP contribution in [0.25, 0.3) is 12.2 Å². The lowest BCUT2D eigenvalue weighted by Crippen LogP contribution is -1.81. The van der Waals surface area contributed by atoms with Crippen LogP contribution in [0.2, 0.25) is 0 Å². The summed E-state index contributed by atoms with van der Waals surface area (Å²) in [5.74, 6) is 0.244. The van der Waals surface area contributed by atoms with Crippen molar-refractivity contribution in [1.82, 2.24) is 0 Å². The van der Waals surface area contributed by atoms with Crippen LogP contribution in [0, 0.1) is 0 Å². The molecule has 2 rings (SSSR count). The standard InChI is InChI=1S/C24H26O/c1-3-20-11-15-22(16-12-20)9-7-5-6-8-10-24(25)19-23-17-13-21(4-2)14-18-23/h5-19,25H,3-4H2,1-2H3. The van der Waals surface area contributed by atoms with E-state index in [0.29, 0.717) is 0 Å². The summed E-state index contributed by atoms with van der Waals surface area (Å²) < 4.78 is 0. The Morgan fingerprint density at radius 2 is 1.24 bits per heavy atom. The highest BCUT2D eigenvalue weighted by atomic mass is 16.3. The molecular weight excluding hydrogens is 304 g/mol. The number of allylic oxidation sites excluding steroid dienone is 5. The fourth-order valence-corrected chi connectivity index (χ4v) is 2.38. The van der Waals surface area contributed by atoms with Gasteiger partial charge in [-0.25, -0.2) is 0 Å². The van der Waals surface area contributed by atoms with Gasteiger partial charge in [0.25, 0.3) is 0 Å². The molecule has 0 saturated carbocycles. The Morgan fingerprint density at radius 3 is 1.80 bits per heavy atom. The molecule has 0 aliphatic rings. The quantitative estimate of drug-likeness (QED) is 0.451. The Morgan fingerprint density at radius 1 is 0.720 bits per heavy atom. The Labute approximate surface area is 151 Å². The Bertz CT molecular complexity index is 757. The van der Waals surface area contributed by atoms with Crippen molar-refractivity contribution in [2.75, 3.05) is 0 Å². The number of benzene rings is 2. The lowest BCUT2D eigenvalue weighted by atomic mass is 10.1. The predicted molar refractivity (Wildman–Crippen MR) is 110 cm³/mol. The van der Waals surface area contributed by atoms with Gasteiger partial charge in [-0.05, 0) is 47.2 Å². The van der Waals surface area contributed by atoms with Crippen LogP contribution in [-0.2, 0) is 12.8 Å². The first kappa shape index (κ1) is 18.5. The van der Waals surface area contributed by atoms with Gasteiger partial charge in [0.2, 0.25) is 0 Å². The van der Waals surface area contributed by atoms with E-state index in [1.807, 2.05) is 36.4 Å². The molecule has 2 aromatic carbocycles. The Kier molecular flexibility index (Phi) is 7.52. The molecule has 0 atom stereocenters. The molecule has 0 unspecified atom stereocenters. The van der Waals surface area contributed by atoms with Crippen molar-refractivity contribution in [3.8, 4) is 0 Å². The topological polar surface area (TPSA) is 20.2 Å². The summed E-state index contributed by atoms with van der Waals surface area (Å²) in [5.41, 5.74) is 4.83. The van der Waals surface area contributed by atoms with E-state index < -0.39 is 0 Å². The SMILES string of the molecule is CCc1ccc(C=CC=CC=CC(O)=Cc2ccc(CC)cc2)cc1. The van der Waals surface area contributed by atoms with Crippen LogP contribution >= 0.6 is 0 Å². The molecule has 0 bridgehead atoms. The minimum atomic E-state index is 0.244. The molecule has 2 aromatic rings. The Hall–Kier alpha value is -2.80. The van der Waals surface area contributed by atoms with Crippen molar-refractivity contribution in [2.24, 2.45) is 0 Å². The van der Waals surface area contributed by atoms with Crippen molar-refractivity contribution >= 4 is 12.2 Å². The van der Waals surface area contributed by atoms with E-state index >= 15 is 0 Å². The third kappa shape index (κ3) is 6.68. The smallest absolute Gasteiger partial charge is 0.116 e. The highest BCUT2D eigenvalue weighted by Crippen LogP contribution is 2.09. The zero-order chi connectivity index (χ0) is 17.9. The second-order valence-corrected chi connectivity index (χ2v) is 5.86. The minimum absolute atomic E-state index is 0.244. The Balaban J connectivity index is 1.86. The molecule has 0 amide bonds. The maximum absolute atomic E-state index is 9.94. The van der Waals surface area contributed by atoms with Crippen LogP contribution in [-0.4, -0.2) is 5.11 Å². The molecule has 128 valence electrons. The fraction of sp³-hybridized carbons (Fsp3) is 0.167. The van der Waals surface area contributed by atoms with Crippen LogP contribution < -0.4 is 0 Å². The van der Waals surface area contributed by atoms with Gasteiger partial charge in [-0.2, -0.15) is 0 Å². The molecule has 0 heterocycles. The number of rotatable bonds is 7. The lowest BCUT2D eigenvalue weighted by Gasteiger charge is -1.98. The minimum Gasteiger partial charge on any atom is -0.508 e. The molecule has 1 N–H and O–H groups in total. The van der Waals surface area contributed by atoms with Crippen LogP contribution in [0.1, 0.15) is 36.1 Å². The molecule has 0 saturated heterocycles. The van der Waals surface area contributed by atoms with Crippen molar-refractivity contribution < 1.29 is 5.11 Å². The van der Waals surface area contributed by atoms with Gasteiger partial charge in [-0.3, -0.25) is 0 Å². The summed E-state index contributed by atoms with van der Waals surface area (Å²) in [6.07, 6.45) is 15.3. The molecule has 25 heavy (non-hydrogen) atoms. The van der Waals surface area contributed by atoms with E-state index in [0.717, 1.165) is 18.4 Å². The maximum Gasteiger partial charge on any atom is 0.116 e. The molecule has 1 heteroatoms. The molecular formula is C24H26O. The number of hydrogen-bond donors (Lipinski definition) is 1. The van der Waals surface area contributed by atoms with Crippen LogP contribution in [0.5, 0.6) is 0 Å². The molecule has 0 radical (unpaired) electrons. The van der Waals surface area contributed by atoms with Gasteiger partial charge in [0.1, 0.15) is 5.76 Å². The number of hydrogen-bond acceptors (Lipinski definition) is 1. The maximum atomic E-state index is 9.94. The van der Waals surface area contributed by atoms with E-state index in [4.69, 9.17) is 0 Å². The van der Waals surface area contributed by atoms with Gasteiger partial charge in [-0.15, -0.1) is 0 Å². The average Bonchev–Trinajstić information content (AvgIpc) is 2.65. The van der Waals surface area contributed by atoms with E-state index in [-0.39, 0.29) is 5.76 Å². The summed E-state index contributed by atoms with van der Waals surface area (Å²) in [6.45, 7) is 4.29. The van der Waals surface area contributed by atoms with Crippen molar-refractivity contribution in [3.05, 3.63) is 107 Å². The molecule has 0 fully saturated rings. The summed E-state index contributed by atoms with van der Waals surface area (Å²) >= 11 is 0. The summed E-state index contributed by atoms with van der Waals surface area (Å²) in [5, 5.41) is 9.94. The molecule has 0 aliphatic heterocycles. The first-order valence-electron chi connectivity index (χ1n) is 8.81. The molecule has 0 aromatic heterocycles. The van der Waals surface area contributed by atoms with E-state index in [1.54, 1.807) is 12.2 Å². The summed E-state index contributed by atoms with van der Waals surface area (Å²) in [7, 11) is 0. The van der Waals surface area contributed by atoms with E-state index in [2.05, 4.69) is 56.3 Å². The van der Waals surface area contributed by atoms with E-state index in [9.17, 15) is 5.11 Å². The largest absolute Gasteiger partial charge is 0.508 e. The van der Waals surface area contributed by atoms with Crippen molar-refractivity contribution in [2.45, 2.75) is 26.7 Å². The molecule has 1 nitrogen and oxygen atoms in total. The first-order valence-corrected chi connectivity index (χ1v) is 8.81. The second-order valence-electron chi connectivity index (χ2n) is 5.86. The molecule has 0 spiro atoms. The van der Waals surface area contributed by atoms with Gasteiger partial charge in [0.05, 0.1) is 0 Å². The van der Waals surface area contributed by atoms with Crippen LogP contribution in [0.15, 0.2) is 84.7 Å². The van der Waals surface area contributed by atoms with E-state index in [1.165, 1.54) is 16.7 Å². The number of aliphatic hydroxyl groups is 1. The van der Waals surface area contributed by atoms with Gasteiger partial charge < -0.3 is 5.11 Å². The first-order chi connectivity index (χ1) is 12.2. The fourth-order valence-electron chi connectivity index (χ4n) is 2.38. The normalized spacial score (nSPS) is 12.6. The summed E-state index contributed by atoms with van der Waals surface area (Å²) in [6, 6.07) is 16.8. The summed E-state index contributed by atoms with van der Waals surface area (Å²) in [4.78, 5) is 0. The highest BCUT2D eigenvalue weighted by molar-refractivity contribution is 5.54. The number of aliphatic hydroxyl groups excluding tert-OH is 1. The average molecular weight is 330 g/mol. The highest BCUT2D eigenvalue weighted by Gasteiger charge is 1.92. The zero-order valence-electron chi connectivity index (χ0n) is 15.0. The van der Waals surface area contributed by atoms with Gasteiger partial charge in [0, 0.05) is 0 Å². The van der Waals surface area contributed by atoms with Gasteiger partial charge in [0.15, 0.2) is 0 Å². The van der Waals surface area contributed by atoms with Crippen molar-refractivity contribution in [1.29, 1.82) is 0 Å². The zero-order valence-corrected chi connectivity index (χ0v) is 15.0. The van der Waals surface area contributed by atoms with Crippen molar-refractivity contribution in [3.63, 3.8) is 0 Å². The van der Waals surface area contributed by atoms with Gasteiger partial charge in [-0.1, -0.05) is 92.8 Å². The third-order valence-electron chi connectivity index (χ3n) is 3.98. The monoisotopic (exact) mass is 330 g/mol. The van der Waals surface area contributed by atoms with Crippen LogP contribution in [0.4, 0.5) is 0 Å². The molecule has 0 aliphatic carbocycles. The predicted octanol–water partition coefficient (Wildman–Crippen LogP) is 6.54. The second kappa shape index (κ2) is 10.1. The van der Waals surface area contributed by atoms with Crippen LogP contribution in [0.3, 0.4) is 0 Å². The lowest BCUT2D eigenvalue weighted by molar-refractivity contribution is 0.437. The van der Waals surface area contributed by atoms with Gasteiger partial charge >= 0.3 is 0 Å². The number of aryl methyl sites for hydroxylation is 2. The third-order valence-corrected chi connectivity index (χ3v) is 3.98.